The smallest absolute Gasteiger partial charge is 0.213 e. The van der Waals surface area contributed by atoms with Gasteiger partial charge in [0.1, 0.15) is 11.6 Å². The minimum atomic E-state index is 0.466. The summed E-state index contributed by atoms with van der Waals surface area (Å²) in [4.78, 5) is 8.44. The van der Waals surface area contributed by atoms with E-state index in [9.17, 15) is 0 Å². The molecule has 0 aromatic carbocycles. The predicted octanol–water partition coefficient (Wildman–Crippen LogP) is 2.64. The van der Waals surface area contributed by atoms with Crippen LogP contribution in [0.1, 0.15) is 17.3 Å². The number of anilines is 2. The summed E-state index contributed by atoms with van der Waals surface area (Å²) in [5.41, 5.74) is 7.30. The number of nitrogens with two attached hydrogens (primary N) is 1. The Morgan fingerprint density at radius 3 is 2.82 bits per heavy atom. The van der Waals surface area contributed by atoms with E-state index in [4.69, 9.17) is 10.2 Å². The Morgan fingerprint density at radius 2 is 2.24 bits per heavy atom. The molecule has 2 aromatic rings. The van der Waals surface area contributed by atoms with Crippen LogP contribution in [0.15, 0.2) is 21.2 Å². The molecule has 0 radical (unpaired) electrons. The van der Waals surface area contributed by atoms with E-state index in [1.54, 1.807) is 12.3 Å². The van der Waals surface area contributed by atoms with E-state index in [1.165, 1.54) is 0 Å². The van der Waals surface area contributed by atoms with Gasteiger partial charge < -0.3 is 15.5 Å². The standard InChI is InChI=1S/C11H13BrN4O/c1-6-7(2)17-10(16-6)5-15-11-9(13)3-8(12)4-14-11/h3-4H,5,13H2,1-2H3,(H,14,15). The Kier molecular flexibility index (Phi) is 3.33. The molecule has 0 atom stereocenters. The van der Waals surface area contributed by atoms with Crippen molar-refractivity contribution >= 4 is 27.4 Å². The fourth-order valence-corrected chi connectivity index (χ4v) is 1.73. The largest absolute Gasteiger partial charge is 0.444 e. The Hall–Kier alpha value is -1.56. The van der Waals surface area contributed by atoms with E-state index in [0.717, 1.165) is 15.9 Å². The first-order valence-electron chi connectivity index (χ1n) is 5.14. The molecule has 2 rings (SSSR count). The normalized spacial score (nSPS) is 10.5. The minimum absolute atomic E-state index is 0.466. The van der Waals surface area contributed by atoms with Gasteiger partial charge in [0.25, 0.3) is 0 Å². The van der Waals surface area contributed by atoms with Crippen LogP contribution in [0.3, 0.4) is 0 Å². The van der Waals surface area contributed by atoms with Crippen molar-refractivity contribution in [2.24, 2.45) is 0 Å². The number of oxazole rings is 1. The highest BCUT2D eigenvalue weighted by atomic mass is 79.9. The molecule has 2 aromatic heterocycles. The van der Waals surface area contributed by atoms with Gasteiger partial charge in [-0.1, -0.05) is 0 Å². The Bertz CT molecular complexity index is 519. The molecule has 0 saturated heterocycles. The molecule has 5 nitrogen and oxygen atoms in total. The van der Waals surface area contributed by atoms with Crippen molar-refractivity contribution in [3.63, 3.8) is 0 Å². The lowest BCUT2D eigenvalue weighted by Gasteiger charge is -2.06. The van der Waals surface area contributed by atoms with Gasteiger partial charge in [0.15, 0.2) is 0 Å². The minimum Gasteiger partial charge on any atom is -0.444 e. The van der Waals surface area contributed by atoms with Crippen molar-refractivity contribution < 1.29 is 4.42 Å². The van der Waals surface area contributed by atoms with Crippen LogP contribution in [-0.4, -0.2) is 9.97 Å². The van der Waals surface area contributed by atoms with Crippen LogP contribution in [0, 0.1) is 13.8 Å². The average molecular weight is 297 g/mol. The van der Waals surface area contributed by atoms with E-state index in [1.807, 2.05) is 13.8 Å². The van der Waals surface area contributed by atoms with Gasteiger partial charge in [-0.05, 0) is 35.8 Å². The van der Waals surface area contributed by atoms with Gasteiger partial charge in [0.2, 0.25) is 5.89 Å². The lowest BCUT2D eigenvalue weighted by molar-refractivity contribution is 0.478. The lowest BCUT2D eigenvalue weighted by Crippen LogP contribution is -2.04. The summed E-state index contributed by atoms with van der Waals surface area (Å²) in [6, 6.07) is 1.79. The molecule has 90 valence electrons. The van der Waals surface area contributed by atoms with Gasteiger partial charge in [-0.25, -0.2) is 9.97 Å². The monoisotopic (exact) mass is 296 g/mol. The molecule has 0 aliphatic carbocycles. The van der Waals surface area contributed by atoms with Crippen LogP contribution < -0.4 is 11.1 Å². The molecule has 0 aliphatic rings. The molecule has 17 heavy (non-hydrogen) atoms. The van der Waals surface area contributed by atoms with Crippen LogP contribution >= 0.6 is 15.9 Å². The molecule has 0 saturated carbocycles. The molecule has 0 spiro atoms. The summed E-state index contributed by atoms with van der Waals surface area (Å²) in [6.45, 7) is 4.26. The quantitative estimate of drug-likeness (QED) is 0.910. The molecule has 2 heterocycles. The number of nitrogens with one attached hydrogen (secondary N) is 1. The van der Waals surface area contributed by atoms with Crippen molar-refractivity contribution in [3.8, 4) is 0 Å². The Balaban J connectivity index is 2.07. The highest BCUT2D eigenvalue weighted by Crippen LogP contribution is 2.20. The summed E-state index contributed by atoms with van der Waals surface area (Å²) >= 11 is 3.30. The van der Waals surface area contributed by atoms with Gasteiger partial charge in [-0.3, -0.25) is 0 Å². The first-order chi connectivity index (χ1) is 8.06. The number of rotatable bonds is 3. The summed E-state index contributed by atoms with van der Waals surface area (Å²) in [5.74, 6) is 2.09. The third-order valence-electron chi connectivity index (χ3n) is 2.36. The van der Waals surface area contributed by atoms with Crippen LogP contribution in [-0.2, 0) is 6.54 Å². The topological polar surface area (TPSA) is 77.0 Å². The number of nitrogen functional groups attached to an aromatic ring is 1. The van der Waals surface area contributed by atoms with E-state index in [0.29, 0.717) is 23.9 Å². The fourth-order valence-electron chi connectivity index (χ4n) is 1.38. The molecule has 0 amide bonds. The number of aryl methyl sites for hydroxylation is 2. The first-order valence-corrected chi connectivity index (χ1v) is 5.93. The summed E-state index contributed by atoms with van der Waals surface area (Å²) in [6.07, 6.45) is 1.69. The van der Waals surface area contributed by atoms with Gasteiger partial charge in [-0.15, -0.1) is 0 Å². The number of pyridine rings is 1. The summed E-state index contributed by atoms with van der Waals surface area (Å²) in [5, 5.41) is 3.08. The van der Waals surface area contributed by atoms with Gasteiger partial charge >= 0.3 is 0 Å². The van der Waals surface area contributed by atoms with Gasteiger partial charge in [0, 0.05) is 10.7 Å². The number of hydrogen-bond donors (Lipinski definition) is 2. The Morgan fingerprint density at radius 1 is 1.47 bits per heavy atom. The fraction of sp³-hybridized carbons (Fsp3) is 0.273. The molecule has 0 aliphatic heterocycles. The van der Waals surface area contributed by atoms with Crippen LogP contribution in [0.4, 0.5) is 11.5 Å². The highest BCUT2D eigenvalue weighted by Gasteiger charge is 2.06. The molecule has 6 heteroatoms. The average Bonchev–Trinajstić information content (AvgIpc) is 2.57. The van der Waals surface area contributed by atoms with E-state index < -0.39 is 0 Å². The van der Waals surface area contributed by atoms with E-state index in [-0.39, 0.29) is 0 Å². The van der Waals surface area contributed by atoms with Crippen molar-refractivity contribution in [2.75, 3.05) is 11.1 Å². The number of hydrogen-bond acceptors (Lipinski definition) is 5. The third-order valence-corrected chi connectivity index (χ3v) is 2.80. The van der Waals surface area contributed by atoms with Gasteiger partial charge in [-0.2, -0.15) is 0 Å². The maximum atomic E-state index is 5.81. The van der Waals surface area contributed by atoms with Crippen molar-refractivity contribution in [1.82, 2.24) is 9.97 Å². The first kappa shape index (κ1) is 11.9. The van der Waals surface area contributed by atoms with Gasteiger partial charge in [0.05, 0.1) is 17.9 Å². The summed E-state index contributed by atoms with van der Waals surface area (Å²) < 4.78 is 6.30. The van der Waals surface area contributed by atoms with Crippen LogP contribution in [0.5, 0.6) is 0 Å². The molecule has 3 N–H and O–H groups in total. The van der Waals surface area contributed by atoms with Crippen LogP contribution in [0.2, 0.25) is 0 Å². The number of aromatic nitrogens is 2. The number of halogens is 1. The number of nitrogens with zero attached hydrogens (tertiary/aromatic N) is 2. The van der Waals surface area contributed by atoms with Crippen LogP contribution in [0.25, 0.3) is 0 Å². The molecular weight excluding hydrogens is 284 g/mol. The van der Waals surface area contributed by atoms with Crippen molar-refractivity contribution in [2.45, 2.75) is 20.4 Å². The van der Waals surface area contributed by atoms with E-state index in [2.05, 4.69) is 31.2 Å². The molecule has 0 unspecified atom stereocenters. The van der Waals surface area contributed by atoms with Crippen molar-refractivity contribution in [1.29, 1.82) is 0 Å². The zero-order valence-corrected chi connectivity index (χ0v) is 11.2. The maximum absolute atomic E-state index is 5.81. The van der Waals surface area contributed by atoms with E-state index >= 15 is 0 Å². The second kappa shape index (κ2) is 4.75. The zero-order valence-electron chi connectivity index (χ0n) is 9.62. The Labute approximate surface area is 108 Å². The highest BCUT2D eigenvalue weighted by molar-refractivity contribution is 9.10. The summed E-state index contributed by atoms with van der Waals surface area (Å²) in [7, 11) is 0. The maximum Gasteiger partial charge on any atom is 0.213 e. The predicted molar refractivity (Wildman–Crippen MR) is 69.7 cm³/mol. The lowest BCUT2D eigenvalue weighted by atomic mass is 10.4. The SMILES string of the molecule is Cc1nc(CNc2ncc(Br)cc2N)oc1C. The molecular formula is C11H13BrN4O. The zero-order chi connectivity index (χ0) is 12.4. The second-order valence-electron chi connectivity index (χ2n) is 3.69. The second-order valence-corrected chi connectivity index (χ2v) is 4.61. The third kappa shape index (κ3) is 2.76. The molecule has 0 fully saturated rings. The van der Waals surface area contributed by atoms with Crippen molar-refractivity contribution in [3.05, 3.63) is 34.1 Å². The molecule has 0 bridgehead atoms.